The first-order valence-corrected chi connectivity index (χ1v) is 6.75. The molecule has 0 unspecified atom stereocenters. The van der Waals surface area contributed by atoms with Gasteiger partial charge in [0.15, 0.2) is 0 Å². The standard InChI is InChI=1S/C9H15N3O2S/c1-15(13,14)12-6-4-11(5-7-12)9-2-3-10-8-9/h2-3,8,10H,4-7H2,1H3. The maximum atomic E-state index is 11.3. The van der Waals surface area contributed by atoms with Crippen molar-refractivity contribution in [2.45, 2.75) is 0 Å². The first-order valence-electron chi connectivity index (χ1n) is 4.90. The van der Waals surface area contributed by atoms with Gasteiger partial charge in [0.05, 0.1) is 11.9 Å². The quantitative estimate of drug-likeness (QED) is 0.782. The predicted octanol–water partition coefficient (Wildman–Crippen LogP) is 0.0963. The molecule has 0 aliphatic carbocycles. The number of hydrogen-bond donors (Lipinski definition) is 1. The van der Waals surface area contributed by atoms with Crippen molar-refractivity contribution in [3.63, 3.8) is 0 Å². The monoisotopic (exact) mass is 229 g/mol. The Morgan fingerprint density at radius 2 is 1.93 bits per heavy atom. The highest BCUT2D eigenvalue weighted by Gasteiger charge is 2.23. The van der Waals surface area contributed by atoms with E-state index in [4.69, 9.17) is 0 Å². The van der Waals surface area contributed by atoms with Crippen LogP contribution in [0.2, 0.25) is 0 Å². The summed E-state index contributed by atoms with van der Waals surface area (Å²) in [7, 11) is -3.02. The Kier molecular flexibility index (Phi) is 2.70. The van der Waals surface area contributed by atoms with Gasteiger partial charge in [-0.05, 0) is 6.07 Å². The number of H-pyrrole nitrogens is 1. The minimum absolute atomic E-state index is 0.573. The van der Waals surface area contributed by atoms with Crippen LogP contribution in [0, 0.1) is 0 Å². The van der Waals surface area contributed by atoms with Gasteiger partial charge in [0.1, 0.15) is 0 Å². The van der Waals surface area contributed by atoms with Gasteiger partial charge in [0, 0.05) is 38.6 Å². The van der Waals surface area contributed by atoms with Crippen LogP contribution in [0.4, 0.5) is 5.69 Å². The van der Waals surface area contributed by atoms with Crippen LogP contribution < -0.4 is 4.90 Å². The van der Waals surface area contributed by atoms with Crippen LogP contribution in [0.3, 0.4) is 0 Å². The Balaban J connectivity index is 1.99. The summed E-state index contributed by atoms with van der Waals surface area (Å²) in [6, 6.07) is 2.00. The second-order valence-corrected chi connectivity index (χ2v) is 5.70. The summed E-state index contributed by atoms with van der Waals surface area (Å²) in [6.45, 7) is 2.66. The first-order chi connectivity index (χ1) is 7.07. The fraction of sp³-hybridized carbons (Fsp3) is 0.556. The Bertz CT molecular complexity index is 405. The van der Waals surface area contributed by atoms with Gasteiger partial charge in [0.25, 0.3) is 0 Å². The number of hydrogen-bond acceptors (Lipinski definition) is 3. The Morgan fingerprint density at radius 3 is 2.40 bits per heavy atom. The van der Waals surface area contributed by atoms with E-state index in [2.05, 4.69) is 9.88 Å². The Morgan fingerprint density at radius 1 is 1.27 bits per heavy atom. The molecule has 0 atom stereocenters. The summed E-state index contributed by atoms with van der Waals surface area (Å²) < 4.78 is 24.1. The summed E-state index contributed by atoms with van der Waals surface area (Å²) in [6.07, 6.45) is 5.06. The normalized spacial score (nSPS) is 19.4. The van der Waals surface area contributed by atoms with E-state index in [0.717, 1.165) is 18.8 Å². The number of nitrogens with one attached hydrogen (secondary N) is 1. The van der Waals surface area contributed by atoms with Gasteiger partial charge in [0.2, 0.25) is 10.0 Å². The average Bonchev–Trinajstić information content (AvgIpc) is 2.69. The molecule has 2 rings (SSSR count). The minimum atomic E-state index is -3.02. The molecule has 2 heterocycles. The van der Waals surface area contributed by atoms with Crippen LogP contribution in [0.1, 0.15) is 0 Å². The van der Waals surface area contributed by atoms with Crippen LogP contribution in [-0.2, 0) is 10.0 Å². The molecule has 1 aliphatic rings. The third-order valence-corrected chi connectivity index (χ3v) is 3.96. The summed E-state index contributed by atoms with van der Waals surface area (Å²) in [5.41, 5.74) is 1.13. The maximum Gasteiger partial charge on any atom is 0.211 e. The van der Waals surface area contributed by atoms with Crippen LogP contribution in [0.15, 0.2) is 18.5 Å². The number of nitrogens with zero attached hydrogens (tertiary/aromatic N) is 2. The molecule has 84 valence electrons. The zero-order valence-corrected chi connectivity index (χ0v) is 9.50. The average molecular weight is 229 g/mol. The molecular formula is C9H15N3O2S. The molecule has 0 spiro atoms. The SMILES string of the molecule is CS(=O)(=O)N1CCN(c2cc[nH]c2)CC1. The van der Waals surface area contributed by atoms with Crippen molar-refractivity contribution in [2.24, 2.45) is 0 Å². The minimum Gasteiger partial charge on any atom is -0.368 e. The Hall–Kier alpha value is -1.01. The molecule has 5 nitrogen and oxygen atoms in total. The molecule has 0 saturated carbocycles. The number of aromatic nitrogens is 1. The van der Waals surface area contributed by atoms with E-state index < -0.39 is 10.0 Å². The van der Waals surface area contributed by atoms with Crippen molar-refractivity contribution in [2.75, 3.05) is 37.3 Å². The lowest BCUT2D eigenvalue weighted by molar-refractivity contribution is 0.388. The molecule has 1 aliphatic heterocycles. The third kappa shape index (κ3) is 2.32. The van der Waals surface area contributed by atoms with Gasteiger partial charge in [-0.25, -0.2) is 8.42 Å². The molecule has 1 aromatic rings. The lowest BCUT2D eigenvalue weighted by Gasteiger charge is -2.34. The summed E-state index contributed by atoms with van der Waals surface area (Å²) in [5.74, 6) is 0. The topological polar surface area (TPSA) is 56.4 Å². The van der Waals surface area contributed by atoms with Gasteiger partial charge in [-0.3, -0.25) is 0 Å². The maximum absolute atomic E-state index is 11.3. The largest absolute Gasteiger partial charge is 0.368 e. The lowest BCUT2D eigenvalue weighted by atomic mass is 10.3. The molecule has 15 heavy (non-hydrogen) atoms. The van der Waals surface area contributed by atoms with Gasteiger partial charge in [-0.15, -0.1) is 0 Å². The molecule has 6 heteroatoms. The summed E-state index contributed by atoms with van der Waals surface area (Å²) in [5, 5.41) is 0. The first kappa shape index (κ1) is 10.5. The number of piperazine rings is 1. The van der Waals surface area contributed by atoms with Gasteiger partial charge in [-0.1, -0.05) is 0 Å². The van der Waals surface area contributed by atoms with E-state index >= 15 is 0 Å². The molecule has 1 saturated heterocycles. The van der Waals surface area contributed by atoms with E-state index in [1.807, 2.05) is 18.5 Å². The summed E-state index contributed by atoms with van der Waals surface area (Å²) >= 11 is 0. The number of anilines is 1. The predicted molar refractivity (Wildman–Crippen MR) is 59.4 cm³/mol. The number of rotatable bonds is 2. The molecule has 0 radical (unpaired) electrons. The molecular weight excluding hydrogens is 214 g/mol. The van der Waals surface area contributed by atoms with Gasteiger partial charge < -0.3 is 9.88 Å². The fourth-order valence-electron chi connectivity index (χ4n) is 1.79. The highest BCUT2D eigenvalue weighted by atomic mass is 32.2. The molecule has 0 aromatic carbocycles. The van der Waals surface area contributed by atoms with Crippen molar-refractivity contribution in [3.8, 4) is 0 Å². The van der Waals surface area contributed by atoms with E-state index in [9.17, 15) is 8.42 Å². The molecule has 1 aromatic heterocycles. The van der Waals surface area contributed by atoms with Crippen molar-refractivity contribution >= 4 is 15.7 Å². The second kappa shape index (κ2) is 3.86. The van der Waals surface area contributed by atoms with E-state index in [1.165, 1.54) is 10.6 Å². The number of sulfonamides is 1. The third-order valence-electron chi connectivity index (χ3n) is 2.65. The van der Waals surface area contributed by atoms with Crippen molar-refractivity contribution in [1.82, 2.24) is 9.29 Å². The van der Waals surface area contributed by atoms with Crippen molar-refractivity contribution < 1.29 is 8.42 Å². The van der Waals surface area contributed by atoms with Crippen LogP contribution in [0.5, 0.6) is 0 Å². The summed E-state index contributed by atoms with van der Waals surface area (Å²) in [4.78, 5) is 5.17. The van der Waals surface area contributed by atoms with Gasteiger partial charge in [-0.2, -0.15) is 4.31 Å². The van der Waals surface area contributed by atoms with Crippen molar-refractivity contribution in [1.29, 1.82) is 0 Å². The molecule has 0 amide bonds. The van der Waals surface area contributed by atoms with Crippen LogP contribution in [-0.4, -0.2) is 50.1 Å². The van der Waals surface area contributed by atoms with E-state index in [-0.39, 0.29) is 0 Å². The zero-order chi connectivity index (χ0) is 10.9. The molecule has 1 fully saturated rings. The second-order valence-electron chi connectivity index (χ2n) is 3.72. The van der Waals surface area contributed by atoms with Gasteiger partial charge >= 0.3 is 0 Å². The highest BCUT2D eigenvalue weighted by molar-refractivity contribution is 7.88. The number of aromatic amines is 1. The zero-order valence-electron chi connectivity index (χ0n) is 8.68. The van der Waals surface area contributed by atoms with Crippen LogP contribution >= 0.6 is 0 Å². The molecule has 0 bridgehead atoms. The van der Waals surface area contributed by atoms with E-state index in [1.54, 1.807) is 0 Å². The van der Waals surface area contributed by atoms with E-state index in [0.29, 0.717) is 13.1 Å². The molecule has 1 N–H and O–H groups in total. The Labute approximate surface area is 89.7 Å². The van der Waals surface area contributed by atoms with Crippen LogP contribution in [0.25, 0.3) is 0 Å². The lowest BCUT2D eigenvalue weighted by Crippen LogP contribution is -2.48. The fourth-order valence-corrected chi connectivity index (χ4v) is 2.62. The smallest absolute Gasteiger partial charge is 0.211 e. The van der Waals surface area contributed by atoms with Crippen molar-refractivity contribution in [3.05, 3.63) is 18.5 Å². The highest BCUT2D eigenvalue weighted by Crippen LogP contribution is 2.15.